The molecule has 2 rings (SSSR count). The maximum atomic E-state index is 9.93. The number of rotatable bonds is 2. The fraction of sp³-hybridized carbons (Fsp3) is 0. The van der Waals surface area contributed by atoms with Crippen LogP contribution in [0.25, 0.3) is 0 Å². The van der Waals surface area contributed by atoms with Crippen LogP contribution in [0, 0.1) is 0 Å². The molecular weight excluding hydrogens is 502 g/mol. The molecule has 110 valence electrons. The average molecular weight is 512 g/mol. The fourth-order valence-corrected chi connectivity index (χ4v) is 3.84. The molecule has 8 heteroatoms. The zero-order chi connectivity index (χ0) is 15.3. The molecule has 0 aliphatic heterocycles. The first-order valence-electron chi connectivity index (χ1n) is 5.28. The molecule has 0 fully saturated rings. The summed E-state index contributed by atoms with van der Waals surface area (Å²) in [4.78, 5) is 0. The van der Waals surface area contributed by atoms with Gasteiger partial charge in [-0.2, -0.15) is 0 Å². The monoisotopic (exact) mass is 510 g/mol. The van der Waals surface area contributed by atoms with Crippen molar-refractivity contribution in [1.82, 2.24) is 0 Å². The summed E-state index contributed by atoms with van der Waals surface area (Å²) in [5.41, 5.74) is 0. The minimum atomic E-state index is -11.2. The van der Waals surface area contributed by atoms with E-state index in [9.17, 15) is 16.9 Å². The number of benzene rings is 2. The summed E-state index contributed by atoms with van der Waals surface area (Å²) in [5, 5.41) is 0. The predicted octanol–water partition coefficient (Wildman–Crippen LogP) is 3.48. The van der Waals surface area contributed by atoms with Crippen molar-refractivity contribution in [2.24, 2.45) is 0 Å². The average Bonchev–Trinajstić information content (AvgIpc) is 2.27. The number of hydrogen-bond acceptors (Lipinski definition) is 0. The Morgan fingerprint density at radius 1 is 0.550 bits per heavy atom. The maximum absolute atomic E-state index is 11.2. The van der Waals surface area contributed by atoms with Gasteiger partial charge in [-0.05, 0) is 0 Å². The molecule has 0 saturated heterocycles. The Kier molecular flexibility index (Phi) is 5.14. The summed E-state index contributed by atoms with van der Waals surface area (Å²) in [6.45, 7) is 0. The van der Waals surface area contributed by atoms with Crippen LogP contribution in [-0.2, 0) is 0 Å². The van der Waals surface area contributed by atoms with Crippen LogP contribution in [0.15, 0.2) is 60.7 Å². The van der Waals surface area contributed by atoms with Gasteiger partial charge in [0.05, 0.1) is 0 Å². The Hall–Kier alpha value is -0.344. The second kappa shape index (κ2) is 5.80. The fourth-order valence-electron chi connectivity index (χ4n) is 1.15. The summed E-state index contributed by atoms with van der Waals surface area (Å²) in [7, 11) is 0. The molecule has 2 aromatic rings. The van der Waals surface area contributed by atoms with E-state index >= 15 is 0 Å². The quantitative estimate of drug-likeness (QED) is 0.428. The van der Waals surface area contributed by atoms with E-state index < -0.39 is 19.5 Å². The molecule has 0 spiro atoms. The van der Waals surface area contributed by atoms with Crippen molar-refractivity contribution >= 4 is 48.1 Å². The van der Waals surface area contributed by atoms with Gasteiger partial charge in [0, 0.05) is 0 Å². The standard InChI is InChI=1S/2C6H5.6FH.2Sb/c2*1-2-4-6-5-3-1;;;;;;;;/h2*1-5H;6*1H;;/q;;;;;;;;+1;+5/p-6. The third-order valence-electron chi connectivity index (χ3n) is 1.77. The molecule has 0 N–H and O–H groups in total. The van der Waals surface area contributed by atoms with Gasteiger partial charge in [-0.1, -0.05) is 0 Å². The van der Waals surface area contributed by atoms with Crippen molar-refractivity contribution in [3.8, 4) is 0 Å². The van der Waals surface area contributed by atoms with E-state index in [1.165, 1.54) is 7.02 Å². The summed E-state index contributed by atoms with van der Waals surface area (Å²) >= 11 is -11.6. The van der Waals surface area contributed by atoms with Crippen molar-refractivity contribution in [1.29, 1.82) is 0 Å². The Balaban J connectivity index is 0.000000246. The van der Waals surface area contributed by atoms with Gasteiger partial charge in [-0.25, -0.2) is 0 Å². The summed E-state index contributed by atoms with van der Waals surface area (Å²) in [6, 6.07) is 21.5. The SMILES string of the molecule is [F][Sb-]([F])([F])([F])([F])[F].c1cc[c]([Sb+][c]2ccccc2)cc1. The Morgan fingerprint density at radius 3 is 1.05 bits per heavy atom. The van der Waals surface area contributed by atoms with Gasteiger partial charge < -0.3 is 0 Å². The zero-order valence-corrected chi connectivity index (χ0v) is 15.0. The van der Waals surface area contributed by atoms with Crippen molar-refractivity contribution < 1.29 is 16.9 Å². The third kappa shape index (κ3) is 12.7. The van der Waals surface area contributed by atoms with Crippen LogP contribution in [-0.4, -0.2) is 41.1 Å². The molecule has 0 unspecified atom stereocenters. The Morgan fingerprint density at radius 2 is 0.800 bits per heavy atom. The van der Waals surface area contributed by atoms with Gasteiger partial charge in [-0.3, -0.25) is 0 Å². The van der Waals surface area contributed by atoms with Crippen LogP contribution in [0.5, 0.6) is 0 Å². The van der Waals surface area contributed by atoms with Crippen molar-refractivity contribution in [2.75, 3.05) is 0 Å². The van der Waals surface area contributed by atoms with Gasteiger partial charge in [0.15, 0.2) is 0 Å². The molecule has 0 nitrogen and oxygen atoms in total. The predicted molar refractivity (Wildman–Crippen MR) is 70.3 cm³/mol. The topological polar surface area (TPSA) is 0 Å². The van der Waals surface area contributed by atoms with E-state index in [0.29, 0.717) is 0 Å². The molecular formula is C12H10F6Sb2. The molecule has 0 atom stereocenters. The number of halogens is 6. The Labute approximate surface area is 125 Å². The normalized spacial score (nSPS) is 14.5. The summed E-state index contributed by atoms with van der Waals surface area (Å²) in [6.07, 6.45) is 0. The van der Waals surface area contributed by atoms with Crippen molar-refractivity contribution in [3.05, 3.63) is 60.7 Å². The zero-order valence-electron chi connectivity index (χ0n) is 9.94. The van der Waals surface area contributed by atoms with Gasteiger partial charge >= 0.3 is 126 Å². The van der Waals surface area contributed by atoms with Crippen LogP contribution in [0.4, 0.5) is 16.9 Å². The molecule has 0 heterocycles. The second-order valence-corrected chi connectivity index (χ2v) is 12.8. The molecule has 0 aliphatic rings. The van der Waals surface area contributed by atoms with E-state index in [2.05, 4.69) is 60.7 Å². The molecule has 0 aromatic heterocycles. The molecule has 0 amide bonds. The molecule has 2 radical (unpaired) electrons. The summed E-state index contributed by atoms with van der Waals surface area (Å²) in [5.74, 6) is 0. The molecule has 20 heavy (non-hydrogen) atoms. The third-order valence-corrected chi connectivity index (χ3v) is 4.95. The van der Waals surface area contributed by atoms with Gasteiger partial charge in [0.25, 0.3) is 0 Å². The van der Waals surface area contributed by atoms with Crippen LogP contribution in [0.2, 0.25) is 0 Å². The first kappa shape index (κ1) is 17.7. The number of hydrogen-bond donors (Lipinski definition) is 0. The molecule has 0 bridgehead atoms. The molecule has 2 aromatic carbocycles. The van der Waals surface area contributed by atoms with Gasteiger partial charge in [0.2, 0.25) is 0 Å². The van der Waals surface area contributed by atoms with E-state index in [4.69, 9.17) is 0 Å². The van der Waals surface area contributed by atoms with Crippen molar-refractivity contribution in [3.63, 3.8) is 0 Å². The van der Waals surface area contributed by atoms with Crippen molar-refractivity contribution in [2.45, 2.75) is 0 Å². The molecule has 0 saturated carbocycles. The molecule has 0 aliphatic carbocycles. The van der Waals surface area contributed by atoms with Crippen LogP contribution in [0.3, 0.4) is 0 Å². The first-order valence-corrected chi connectivity index (χ1v) is 13.6. The van der Waals surface area contributed by atoms with E-state index in [0.717, 1.165) is 0 Å². The van der Waals surface area contributed by atoms with E-state index in [1.807, 2.05) is 0 Å². The first-order chi connectivity index (χ1) is 8.90. The second-order valence-electron chi connectivity index (χ2n) is 3.74. The van der Waals surface area contributed by atoms with E-state index in [1.54, 1.807) is 0 Å². The van der Waals surface area contributed by atoms with E-state index in [-0.39, 0.29) is 21.6 Å². The van der Waals surface area contributed by atoms with Gasteiger partial charge in [-0.15, -0.1) is 0 Å². The summed E-state index contributed by atoms with van der Waals surface area (Å²) < 4.78 is 62.6. The van der Waals surface area contributed by atoms with Crippen LogP contribution in [0.1, 0.15) is 0 Å². The van der Waals surface area contributed by atoms with Crippen LogP contribution < -0.4 is 7.02 Å². The van der Waals surface area contributed by atoms with Gasteiger partial charge in [0.1, 0.15) is 0 Å². The van der Waals surface area contributed by atoms with Crippen LogP contribution >= 0.6 is 0 Å². The Bertz CT molecular complexity index is 487. The minimum absolute atomic E-state index is 0.335.